The molecule has 102 valence electrons. The van der Waals surface area contributed by atoms with E-state index in [0.29, 0.717) is 0 Å². The average Bonchev–Trinajstić information content (AvgIpc) is 2.85. The van der Waals surface area contributed by atoms with Crippen LogP contribution in [0.3, 0.4) is 0 Å². The molecule has 1 N–H and O–H groups in total. The third kappa shape index (κ3) is 4.26. The molecule has 3 heteroatoms. The summed E-state index contributed by atoms with van der Waals surface area (Å²) in [6.45, 7) is 4.38. The molecule has 0 aliphatic heterocycles. The minimum absolute atomic E-state index is 0.283. The van der Waals surface area contributed by atoms with Crippen molar-refractivity contribution in [3.05, 3.63) is 51.2 Å². The second kappa shape index (κ2) is 6.97. The van der Waals surface area contributed by atoms with Crippen molar-refractivity contribution in [1.29, 1.82) is 0 Å². The number of unbranched alkanes of at least 4 members (excludes halogenated alkanes) is 1. The van der Waals surface area contributed by atoms with Gasteiger partial charge in [-0.1, -0.05) is 37.1 Å². The second-order valence-electron chi connectivity index (χ2n) is 4.85. The lowest BCUT2D eigenvalue weighted by atomic mass is 10.1. The number of benzene rings is 1. The zero-order valence-electron chi connectivity index (χ0n) is 11.4. The topological polar surface area (TPSA) is 12.0 Å². The van der Waals surface area contributed by atoms with Crippen LogP contribution in [0.1, 0.15) is 43.9 Å². The molecule has 0 amide bonds. The molecule has 0 saturated heterocycles. The first-order valence-corrected chi connectivity index (χ1v) is 8.04. The molecule has 0 bridgehead atoms. The van der Waals surface area contributed by atoms with Crippen molar-refractivity contribution in [2.24, 2.45) is 0 Å². The molecule has 1 unspecified atom stereocenters. The van der Waals surface area contributed by atoms with Gasteiger partial charge in [0, 0.05) is 11.7 Å². The summed E-state index contributed by atoms with van der Waals surface area (Å²) in [6.07, 6.45) is 3.68. The smallest absolute Gasteiger partial charge is 0.0931 e. The number of anilines is 1. The van der Waals surface area contributed by atoms with E-state index in [9.17, 15) is 0 Å². The molecule has 2 aromatic rings. The van der Waals surface area contributed by atoms with E-state index < -0.39 is 0 Å². The highest BCUT2D eigenvalue weighted by Gasteiger charge is 2.07. The normalized spacial score (nSPS) is 12.4. The van der Waals surface area contributed by atoms with Crippen LogP contribution in [-0.2, 0) is 6.42 Å². The Morgan fingerprint density at radius 3 is 2.58 bits per heavy atom. The minimum Gasteiger partial charge on any atom is -0.378 e. The van der Waals surface area contributed by atoms with E-state index in [1.165, 1.54) is 30.4 Å². The van der Waals surface area contributed by atoms with Crippen molar-refractivity contribution in [3.63, 3.8) is 0 Å². The Labute approximate surface area is 124 Å². The zero-order valence-corrected chi connectivity index (χ0v) is 13.0. The van der Waals surface area contributed by atoms with Gasteiger partial charge in [0.25, 0.3) is 0 Å². The number of hydrogen-bond donors (Lipinski definition) is 1. The van der Waals surface area contributed by atoms with Crippen LogP contribution >= 0.6 is 22.9 Å². The van der Waals surface area contributed by atoms with Gasteiger partial charge in [0.2, 0.25) is 0 Å². The van der Waals surface area contributed by atoms with Crippen LogP contribution in [0, 0.1) is 0 Å². The fourth-order valence-electron chi connectivity index (χ4n) is 2.03. The van der Waals surface area contributed by atoms with Crippen LogP contribution in [0.25, 0.3) is 0 Å². The van der Waals surface area contributed by atoms with Gasteiger partial charge in [-0.2, -0.15) is 0 Å². The van der Waals surface area contributed by atoms with Gasteiger partial charge in [-0.25, -0.2) is 0 Å². The molecule has 0 aliphatic carbocycles. The van der Waals surface area contributed by atoms with Crippen molar-refractivity contribution in [2.75, 3.05) is 5.32 Å². The number of nitrogens with one attached hydrogen (secondary N) is 1. The number of hydrogen-bond acceptors (Lipinski definition) is 2. The highest BCUT2D eigenvalue weighted by molar-refractivity contribution is 7.14. The van der Waals surface area contributed by atoms with Gasteiger partial charge in [-0.3, -0.25) is 0 Å². The molecule has 2 rings (SSSR count). The molecule has 1 nitrogen and oxygen atoms in total. The van der Waals surface area contributed by atoms with Crippen LogP contribution in [0.15, 0.2) is 35.7 Å². The maximum Gasteiger partial charge on any atom is 0.0931 e. The summed E-state index contributed by atoms with van der Waals surface area (Å²) < 4.78 is 0.846. The third-order valence-corrected chi connectivity index (χ3v) is 4.35. The molecule has 0 spiro atoms. The molecule has 0 saturated carbocycles. The summed E-state index contributed by atoms with van der Waals surface area (Å²) in [5, 5.41) is 5.61. The molecule has 1 aromatic heterocycles. The summed E-state index contributed by atoms with van der Waals surface area (Å²) in [4.78, 5) is 0. The summed E-state index contributed by atoms with van der Waals surface area (Å²) in [5.74, 6) is 0. The van der Waals surface area contributed by atoms with Crippen LogP contribution in [0.5, 0.6) is 0 Å². The van der Waals surface area contributed by atoms with Crippen molar-refractivity contribution in [1.82, 2.24) is 0 Å². The number of halogens is 1. The first-order valence-electron chi connectivity index (χ1n) is 6.78. The van der Waals surface area contributed by atoms with Gasteiger partial charge in [0.05, 0.1) is 4.34 Å². The fourth-order valence-corrected chi connectivity index (χ4v) is 3.02. The molecule has 1 aromatic carbocycles. The van der Waals surface area contributed by atoms with E-state index in [-0.39, 0.29) is 6.04 Å². The number of thiophene rings is 1. The SMILES string of the molecule is CCCCc1ccc(NC(C)c2csc(Cl)c2)cc1. The van der Waals surface area contributed by atoms with E-state index in [1.807, 2.05) is 6.07 Å². The molecule has 1 heterocycles. The highest BCUT2D eigenvalue weighted by Crippen LogP contribution is 2.27. The quantitative estimate of drug-likeness (QED) is 0.697. The molecule has 0 aliphatic rings. The van der Waals surface area contributed by atoms with Crippen LogP contribution in [0.4, 0.5) is 5.69 Å². The van der Waals surface area contributed by atoms with Gasteiger partial charge >= 0.3 is 0 Å². The number of rotatable bonds is 6. The Morgan fingerprint density at radius 1 is 1.26 bits per heavy atom. The standard InChI is InChI=1S/C16H20ClNS/c1-3-4-5-13-6-8-15(9-7-13)18-12(2)14-10-16(17)19-11-14/h6-12,18H,3-5H2,1-2H3. The van der Waals surface area contributed by atoms with E-state index >= 15 is 0 Å². The van der Waals surface area contributed by atoms with Crippen LogP contribution in [-0.4, -0.2) is 0 Å². The van der Waals surface area contributed by atoms with Crippen LogP contribution < -0.4 is 5.32 Å². The maximum atomic E-state index is 5.97. The van der Waals surface area contributed by atoms with Crippen molar-refractivity contribution in [3.8, 4) is 0 Å². The van der Waals surface area contributed by atoms with Gasteiger partial charge in [0.1, 0.15) is 0 Å². The molecule has 0 radical (unpaired) electrons. The first-order chi connectivity index (χ1) is 9.19. The molecule has 19 heavy (non-hydrogen) atoms. The van der Waals surface area contributed by atoms with Gasteiger partial charge in [-0.15, -0.1) is 11.3 Å². The van der Waals surface area contributed by atoms with E-state index in [2.05, 4.69) is 48.8 Å². The summed E-state index contributed by atoms with van der Waals surface area (Å²) in [6, 6.07) is 11.1. The number of aryl methyl sites for hydroxylation is 1. The Kier molecular flexibility index (Phi) is 5.29. The molecule has 0 fully saturated rings. The lowest BCUT2D eigenvalue weighted by molar-refractivity contribution is 0.795. The lowest BCUT2D eigenvalue weighted by Gasteiger charge is -2.14. The van der Waals surface area contributed by atoms with Crippen molar-refractivity contribution < 1.29 is 0 Å². The van der Waals surface area contributed by atoms with Gasteiger partial charge < -0.3 is 5.32 Å². The Balaban J connectivity index is 1.95. The Bertz CT molecular complexity index is 504. The largest absolute Gasteiger partial charge is 0.378 e. The molecular weight excluding hydrogens is 274 g/mol. The van der Waals surface area contributed by atoms with Crippen LogP contribution in [0.2, 0.25) is 4.34 Å². The minimum atomic E-state index is 0.283. The Morgan fingerprint density at radius 2 is 2.00 bits per heavy atom. The first kappa shape index (κ1) is 14.4. The lowest BCUT2D eigenvalue weighted by Crippen LogP contribution is -2.05. The van der Waals surface area contributed by atoms with Crippen molar-refractivity contribution in [2.45, 2.75) is 39.2 Å². The molecule has 1 atom stereocenters. The summed E-state index contributed by atoms with van der Waals surface area (Å²) >= 11 is 7.55. The fraction of sp³-hybridized carbons (Fsp3) is 0.375. The monoisotopic (exact) mass is 293 g/mol. The zero-order chi connectivity index (χ0) is 13.7. The maximum absolute atomic E-state index is 5.97. The molecular formula is C16H20ClNS. The summed E-state index contributed by atoms with van der Waals surface area (Å²) in [7, 11) is 0. The third-order valence-electron chi connectivity index (χ3n) is 3.24. The van der Waals surface area contributed by atoms with Gasteiger partial charge in [0.15, 0.2) is 0 Å². The predicted octanol–water partition coefficient (Wildman–Crippen LogP) is 5.92. The van der Waals surface area contributed by atoms with E-state index in [0.717, 1.165) is 10.0 Å². The predicted molar refractivity (Wildman–Crippen MR) is 86.4 cm³/mol. The van der Waals surface area contributed by atoms with Gasteiger partial charge in [-0.05, 0) is 54.5 Å². The van der Waals surface area contributed by atoms with E-state index in [4.69, 9.17) is 11.6 Å². The second-order valence-corrected chi connectivity index (χ2v) is 6.39. The van der Waals surface area contributed by atoms with E-state index in [1.54, 1.807) is 11.3 Å². The summed E-state index contributed by atoms with van der Waals surface area (Å²) in [5.41, 5.74) is 3.82. The van der Waals surface area contributed by atoms with Crippen molar-refractivity contribution >= 4 is 28.6 Å². The Hall–Kier alpha value is -0.990. The highest BCUT2D eigenvalue weighted by atomic mass is 35.5. The average molecular weight is 294 g/mol.